The smallest absolute Gasteiger partial charge is 0.336 e. The van der Waals surface area contributed by atoms with Crippen LogP contribution in [0, 0.1) is 0 Å². The Morgan fingerprint density at radius 2 is 2.29 bits per heavy atom. The molecular formula is C8H5ClN2O3. The molecule has 1 heterocycles. The lowest BCUT2D eigenvalue weighted by Crippen LogP contribution is -1.98. The van der Waals surface area contributed by atoms with Crippen LogP contribution in [0.15, 0.2) is 16.7 Å². The number of hydrogen-bond donors (Lipinski definition) is 2. The molecule has 0 fully saturated rings. The summed E-state index contributed by atoms with van der Waals surface area (Å²) < 4.78 is 4.80. The number of nitrogens with two attached hydrogens (primary N) is 1. The van der Waals surface area contributed by atoms with Crippen molar-refractivity contribution in [2.24, 2.45) is 0 Å². The van der Waals surface area contributed by atoms with Gasteiger partial charge in [0.25, 0.3) is 0 Å². The monoisotopic (exact) mass is 212 g/mol. The van der Waals surface area contributed by atoms with Gasteiger partial charge >= 0.3 is 5.97 Å². The van der Waals surface area contributed by atoms with E-state index in [2.05, 4.69) is 5.16 Å². The molecule has 0 unspecified atom stereocenters. The molecule has 0 saturated carbocycles. The molecule has 0 amide bonds. The third kappa shape index (κ3) is 1.18. The highest BCUT2D eigenvalue weighted by Gasteiger charge is 2.16. The number of carbonyl (C=O) groups is 1. The van der Waals surface area contributed by atoms with Crippen molar-refractivity contribution >= 4 is 34.2 Å². The second-order valence-corrected chi connectivity index (χ2v) is 3.08. The molecule has 1 aromatic carbocycles. The lowest BCUT2D eigenvalue weighted by atomic mass is 10.1. The molecule has 2 rings (SSSR count). The normalized spacial score (nSPS) is 10.6. The van der Waals surface area contributed by atoms with Crippen molar-refractivity contribution in [1.82, 2.24) is 5.16 Å². The number of hydrogen-bond acceptors (Lipinski definition) is 4. The van der Waals surface area contributed by atoms with Crippen molar-refractivity contribution in [2.45, 2.75) is 0 Å². The van der Waals surface area contributed by atoms with Crippen molar-refractivity contribution in [1.29, 1.82) is 0 Å². The minimum absolute atomic E-state index is 0.00810. The summed E-state index contributed by atoms with van der Waals surface area (Å²) >= 11 is 5.67. The molecule has 2 aromatic rings. The summed E-state index contributed by atoms with van der Waals surface area (Å²) in [6, 6.07) is 2.79. The number of aromatic carboxylic acids is 1. The van der Waals surface area contributed by atoms with Gasteiger partial charge in [-0.3, -0.25) is 0 Å². The lowest BCUT2D eigenvalue weighted by Gasteiger charge is -1.97. The Bertz CT molecular complexity index is 521. The first-order valence-corrected chi connectivity index (χ1v) is 4.05. The number of halogens is 1. The Labute approximate surface area is 83.0 Å². The van der Waals surface area contributed by atoms with Crippen molar-refractivity contribution < 1.29 is 14.4 Å². The van der Waals surface area contributed by atoms with E-state index in [4.69, 9.17) is 27.0 Å². The predicted octanol–water partition coefficient (Wildman–Crippen LogP) is 1.76. The van der Waals surface area contributed by atoms with Gasteiger partial charge < -0.3 is 15.4 Å². The predicted molar refractivity (Wildman–Crippen MR) is 50.4 cm³/mol. The molecule has 1 aromatic heterocycles. The average Bonchev–Trinajstić information content (AvgIpc) is 2.46. The molecule has 0 saturated heterocycles. The third-order valence-corrected chi connectivity index (χ3v) is 2.04. The van der Waals surface area contributed by atoms with E-state index in [1.807, 2.05) is 0 Å². The van der Waals surface area contributed by atoms with Crippen molar-refractivity contribution in [2.75, 3.05) is 5.73 Å². The number of anilines is 1. The Balaban J connectivity index is 2.90. The van der Waals surface area contributed by atoms with Gasteiger partial charge in [-0.1, -0.05) is 16.8 Å². The third-order valence-electron chi connectivity index (χ3n) is 1.79. The molecule has 0 atom stereocenters. The van der Waals surface area contributed by atoms with Crippen LogP contribution in [0.3, 0.4) is 0 Å². The van der Waals surface area contributed by atoms with Crippen LogP contribution < -0.4 is 5.73 Å². The number of nitrogens with zero attached hydrogens (tertiary/aromatic N) is 1. The maximum absolute atomic E-state index is 10.8. The molecule has 6 heteroatoms. The van der Waals surface area contributed by atoms with Crippen molar-refractivity contribution in [3.05, 3.63) is 22.8 Å². The zero-order valence-electron chi connectivity index (χ0n) is 6.82. The van der Waals surface area contributed by atoms with Crippen LogP contribution in [0.1, 0.15) is 10.4 Å². The van der Waals surface area contributed by atoms with Crippen LogP contribution in [0.2, 0.25) is 5.15 Å². The highest BCUT2D eigenvalue weighted by Crippen LogP contribution is 2.28. The molecule has 0 aliphatic rings. The Kier molecular flexibility index (Phi) is 1.82. The number of rotatable bonds is 1. The second kappa shape index (κ2) is 2.88. The lowest BCUT2D eigenvalue weighted by molar-refractivity contribution is 0.0699. The summed E-state index contributed by atoms with van der Waals surface area (Å²) in [7, 11) is 0. The molecule has 0 aliphatic carbocycles. The van der Waals surface area contributed by atoms with Gasteiger partial charge in [0.1, 0.15) is 0 Å². The molecule has 14 heavy (non-hydrogen) atoms. The van der Waals surface area contributed by atoms with E-state index in [0.717, 1.165) is 0 Å². The highest BCUT2D eigenvalue weighted by molar-refractivity contribution is 6.35. The largest absolute Gasteiger partial charge is 0.478 e. The van der Waals surface area contributed by atoms with Crippen LogP contribution in [0.25, 0.3) is 11.0 Å². The first kappa shape index (κ1) is 8.83. The highest BCUT2D eigenvalue weighted by atomic mass is 35.5. The maximum Gasteiger partial charge on any atom is 0.336 e. The fourth-order valence-electron chi connectivity index (χ4n) is 1.23. The quantitative estimate of drug-likeness (QED) is 0.703. The van der Waals surface area contributed by atoms with Gasteiger partial charge in [-0.25, -0.2) is 4.79 Å². The van der Waals surface area contributed by atoms with E-state index in [1.54, 1.807) is 0 Å². The number of nitrogen functional groups attached to an aromatic ring is 1. The van der Waals surface area contributed by atoms with Gasteiger partial charge in [0.05, 0.1) is 10.9 Å². The number of aromatic nitrogens is 1. The van der Waals surface area contributed by atoms with Crippen LogP contribution in [0.5, 0.6) is 0 Å². The van der Waals surface area contributed by atoms with E-state index in [-0.39, 0.29) is 21.7 Å². The van der Waals surface area contributed by atoms with Crippen molar-refractivity contribution in [3.8, 4) is 0 Å². The van der Waals surface area contributed by atoms with Gasteiger partial charge in [-0.2, -0.15) is 0 Å². The SMILES string of the molecule is Nc1cc(C(=O)O)c2c(Cl)noc2c1. The van der Waals surface area contributed by atoms with Gasteiger partial charge in [-0.05, 0) is 6.07 Å². The minimum Gasteiger partial charge on any atom is -0.478 e. The number of fused-ring (bicyclic) bond motifs is 1. The fraction of sp³-hybridized carbons (Fsp3) is 0. The Hall–Kier alpha value is -1.75. The first-order chi connectivity index (χ1) is 6.59. The van der Waals surface area contributed by atoms with E-state index < -0.39 is 5.97 Å². The standard InChI is InChI=1S/C8H5ClN2O3/c9-7-6-4(8(12)13)1-3(10)2-5(6)14-11-7/h1-2H,10H2,(H,12,13). The van der Waals surface area contributed by atoms with Gasteiger partial charge in [0.15, 0.2) is 10.7 Å². The second-order valence-electron chi connectivity index (χ2n) is 2.72. The van der Waals surface area contributed by atoms with E-state index >= 15 is 0 Å². The first-order valence-electron chi connectivity index (χ1n) is 3.67. The molecule has 0 bridgehead atoms. The molecule has 0 spiro atoms. The molecule has 0 radical (unpaired) electrons. The summed E-state index contributed by atoms with van der Waals surface area (Å²) in [5, 5.41) is 12.6. The summed E-state index contributed by atoms with van der Waals surface area (Å²) in [4.78, 5) is 10.8. The fourth-order valence-corrected chi connectivity index (χ4v) is 1.45. The number of benzene rings is 1. The Morgan fingerprint density at radius 3 is 2.93 bits per heavy atom. The average molecular weight is 213 g/mol. The minimum atomic E-state index is -1.12. The van der Waals surface area contributed by atoms with E-state index in [1.165, 1.54) is 12.1 Å². The van der Waals surface area contributed by atoms with Gasteiger partial charge in [-0.15, -0.1) is 0 Å². The maximum atomic E-state index is 10.8. The summed E-state index contributed by atoms with van der Waals surface area (Å²) in [5.74, 6) is -1.12. The summed E-state index contributed by atoms with van der Waals surface area (Å²) in [6.07, 6.45) is 0. The van der Waals surface area contributed by atoms with Crippen LogP contribution >= 0.6 is 11.6 Å². The van der Waals surface area contributed by atoms with Crippen molar-refractivity contribution in [3.63, 3.8) is 0 Å². The zero-order valence-corrected chi connectivity index (χ0v) is 7.58. The summed E-state index contributed by atoms with van der Waals surface area (Å²) in [5.41, 5.74) is 6.03. The number of carboxylic acid groups (broad SMARTS) is 1. The zero-order chi connectivity index (χ0) is 10.3. The van der Waals surface area contributed by atoms with Crippen LogP contribution in [-0.4, -0.2) is 16.2 Å². The molecule has 72 valence electrons. The molecule has 3 N–H and O–H groups in total. The van der Waals surface area contributed by atoms with E-state index in [0.29, 0.717) is 5.69 Å². The van der Waals surface area contributed by atoms with Gasteiger partial charge in [0.2, 0.25) is 0 Å². The molecule has 5 nitrogen and oxygen atoms in total. The van der Waals surface area contributed by atoms with Gasteiger partial charge in [0, 0.05) is 11.8 Å². The molecular weight excluding hydrogens is 208 g/mol. The van der Waals surface area contributed by atoms with E-state index in [9.17, 15) is 4.79 Å². The van der Waals surface area contributed by atoms with Crippen LogP contribution in [0.4, 0.5) is 5.69 Å². The van der Waals surface area contributed by atoms with Crippen LogP contribution in [-0.2, 0) is 0 Å². The topological polar surface area (TPSA) is 89.4 Å². The number of carboxylic acids is 1. The summed E-state index contributed by atoms with van der Waals surface area (Å²) in [6.45, 7) is 0. The Morgan fingerprint density at radius 1 is 1.57 bits per heavy atom. The molecule has 0 aliphatic heterocycles.